The zero-order valence-electron chi connectivity index (χ0n) is 10.3. The van der Waals surface area contributed by atoms with Gasteiger partial charge in [-0.3, -0.25) is 14.5 Å². The van der Waals surface area contributed by atoms with Gasteiger partial charge in [0.1, 0.15) is 5.69 Å². The Bertz CT molecular complexity index is 549. The largest absolute Gasteiger partial charge is 0.385 e. The first kappa shape index (κ1) is 12.1. The number of rotatable bonds is 4. The van der Waals surface area contributed by atoms with Gasteiger partial charge in [-0.25, -0.2) is 0 Å². The number of aromatic nitrogens is 3. The number of hydrogen-bond acceptors (Lipinski definition) is 4. The fourth-order valence-corrected chi connectivity index (χ4v) is 1.55. The van der Waals surface area contributed by atoms with E-state index in [2.05, 4.69) is 20.7 Å². The second kappa shape index (κ2) is 5.31. The molecule has 0 unspecified atom stereocenters. The maximum absolute atomic E-state index is 11.9. The van der Waals surface area contributed by atoms with Crippen molar-refractivity contribution >= 4 is 17.3 Å². The minimum atomic E-state index is -0.247. The van der Waals surface area contributed by atoms with Gasteiger partial charge in [-0.15, -0.1) is 0 Å². The summed E-state index contributed by atoms with van der Waals surface area (Å²) < 4.78 is 1.62. The maximum Gasteiger partial charge on any atom is 0.274 e. The first-order valence-electron chi connectivity index (χ1n) is 5.69. The summed E-state index contributed by atoms with van der Waals surface area (Å²) in [5, 5.41) is 9.85. The number of carbonyl (C=O) groups excluding carboxylic acids is 1. The van der Waals surface area contributed by atoms with E-state index in [9.17, 15) is 4.79 Å². The van der Waals surface area contributed by atoms with Gasteiger partial charge in [0, 0.05) is 31.7 Å². The first-order chi connectivity index (χ1) is 8.69. The van der Waals surface area contributed by atoms with Crippen LogP contribution in [-0.2, 0) is 7.05 Å². The Morgan fingerprint density at radius 2 is 2.28 bits per heavy atom. The molecule has 2 rings (SSSR count). The molecule has 1 amide bonds. The molecule has 0 aromatic carbocycles. The van der Waals surface area contributed by atoms with Crippen molar-refractivity contribution in [3.05, 3.63) is 36.4 Å². The standard InChI is InChI=1S/C12H15N5O/c1-3-13-9-4-5-14-11(6-9)12(18)16-10-7-15-17(2)8-10/h4-8H,3H2,1-2H3,(H,13,14)(H,16,18). The third-order valence-corrected chi connectivity index (χ3v) is 2.34. The molecule has 0 bridgehead atoms. The fourth-order valence-electron chi connectivity index (χ4n) is 1.55. The molecule has 0 spiro atoms. The molecule has 0 aliphatic rings. The highest BCUT2D eigenvalue weighted by Crippen LogP contribution is 2.10. The zero-order valence-corrected chi connectivity index (χ0v) is 10.3. The summed E-state index contributed by atoms with van der Waals surface area (Å²) in [5.41, 5.74) is 1.90. The van der Waals surface area contributed by atoms with Gasteiger partial charge in [-0.1, -0.05) is 0 Å². The quantitative estimate of drug-likeness (QED) is 0.856. The molecule has 0 atom stereocenters. The van der Waals surface area contributed by atoms with Crippen molar-refractivity contribution in [2.24, 2.45) is 7.05 Å². The van der Waals surface area contributed by atoms with Crippen LogP contribution in [-0.4, -0.2) is 27.2 Å². The van der Waals surface area contributed by atoms with E-state index in [4.69, 9.17) is 0 Å². The number of carbonyl (C=O) groups is 1. The zero-order chi connectivity index (χ0) is 13.0. The van der Waals surface area contributed by atoms with E-state index in [-0.39, 0.29) is 5.91 Å². The van der Waals surface area contributed by atoms with Crippen LogP contribution in [0.3, 0.4) is 0 Å². The number of nitrogens with one attached hydrogen (secondary N) is 2. The molecule has 0 saturated carbocycles. The van der Waals surface area contributed by atoms with E-state index < -0.39 is 0 Å². The average Bonchev–Trinajstić information content (AvgIpc) is 2.75. The third-order valence-electron chi connectivity index (χ3n) is 2.34. The lowest BCUT2D eigenvalue weighted by Gasteiger charge is -2.05. The molecule has 0 aliphatic heterocycles. The average molecular weight is 245 g/mol. The molecule has 0 radical (unpaired) electrons. The minimum Gasteiger partial charge on any atom is -0.385 e. The molecule has 2 aromatic heterocycles. The summed E-state index contributed by atoms with van der Waals surface area (Å²) in [6, 6.07) is 3.54. The van der Waals surface area contributed by atoms with Crippen LogP contribution in [0.1, 0.15) is 17.4 Å². The van der Waals surface area contributed by atoms with E-state index in [1.807, 2.05) is 13.0 Å². The highest BCUT2D eigenvalue weighted by molar-refractivity contribution is 6.03. The smallest absolute Gasteiger partial charge is 0.274 e. The van der Waals surface area contributed by atoms with Crippen LogP contribution in [0.25, 0.3) is 0 Å². The van der Waals surface area contributed by atoms with Gasteiger partial charge < -0.3 is 10.6 Å². The van der Waals surface area contributed by atoms with E-state index in [0.717, 1.165) is 12.2 Å². The molecular weight excluding hydrogens is 230 g/mol. The summed E-state index contributed by atoms with van der Waals surface area (Å²) in [7, 11) is 1.79. The molecule has 0 aliphatic carbocycles. The summed E-state index contributed by atoms with van der Waals surface area (Å²) in [6.07, 6.45) is 4.92. The van der Waals surface area contributed by atoms with Crippen LogP contribution < -0.4 is 10.6 Å². The summed E-state index contributed by atoms with van der Waals surface area (Å²) in [5.74, 6) is -0.247. The fraction of sp³-hybridized carbons (Fsp3) is 0.250. The van der Waals surface area contributed by atoms with Crippen LogP contribution >= 0.6 is 0 Å². The number of amides is 1. The lowest BCUT2D eigenvalue weighted by molar-refractivity contribution is 0.102. The number of aryl methyl sites for hydroxylation is 1. The van der Waals surface area contributed by atoms with Crippen LogP contribution in [0, 0.1) is 0 Å². The third kappa shape index (κ3) is 2.85. The Morgan fingerprint density at radius 1 is 1.44 bits per heavy atom. The topological polar surface area (TPSA) is 71.8 Å². The Balaban J connectivity index is 2.11. The SMILES string of the molecule is CCNc1ccnc(C(=O)Nc2cnn(C)c2)c1. The lowest BCUT2D eigenvalue weighted by atomic mass is 10.3. The molecule has 18 heavy (non-hydrogen) atoms. The molecular formula is C12H15N5O. The van der Waals surface area contributed by atoms with Crippen LogP contribution in [0.15, 0.2) is 30.7 Å². The van der Waals surface area contributed by atoms with E-state index in [1.54, 1.807) is 36.4 Å². The molecule has 2 aromatic rings. The van der Waals surface area contributed by atoms with Crippen molar-refractivity contribution in [1.29, 1.82) is 0 Å². The molecule has 6 heteroatoms. The van der Waals surface area contributed by atoms with Crippen molar-refractivity contribution in [1.82, 2.24) is 14.8 Å². The van der Waals surface area contributed by atoms with E-state index in [1.165, 1.54) is 0 Å². The van der Waals surface area contributed by atoms with Gasteiger partial charge in [-0.2, -0.15) is 5.10 Å². The summed E-state index contributed by atoms with van der Waals surface area (Å²) in [6.45, 7) is 2.80. The van der Waals surface area contributed by atoms with Crippen LogP contribution in [0.5, 0.6) is 0 Å². The van der Waals surface area contributed by atoms with Crippen LogP contribution in [0.4, 0.5) is 11.4 Å². The van der Waals surface area contributed by atoms with Crippen molar-refractivity contribution < 1.29 is 4.79 Å². The Kier molecular flexibility index (Phi) is 3.57. The van der Waals surface area contributed by atoms with Gasteiger partial charge in [0.05, 0.1) is 11.9 Å². The van der Waals surface area contributed by atoms with E-state index >= 15 is 0 Å². The van der Waals surface area contributed by atoms with Gasteiger partial charge in [-0.05, 0) is 19.1 Å². The Hall–Kier alpha value is -2.37. The predicted molar refractivity (Wildman–Crippen MR) is 69.6 cm³/mol. The minimum absolute atomic E-state index is 0.247. The second-order valence-corrected chi connectivity index (χ2v) is 3.82. The van der Waals surface area contributed by atoms with Crippen LogP contribution in [0.2, 0.25) is 0 Å². The van der Waals surface area contributed by atoms with E-state index in [0.29, 0.717) is 11.4 Å². The molecule has 0 fully saturated rings. The number of pyridine rings is 1. The van der Waals surface area contributed by atoms with Crippen molar-refractivity contribution in [2.45, 2.75) is 6.92 Å². The maximum atomic E-state index is 11.9. The summed E-state index contributed by atoms with van der Waals surface area (Å²) in [4.78, 5) is 16.0. The molecule has 0 saturated heterocycles. The summed E-state index contributed by atoms with van der Waals surface area (Å²) >= 11 is 0. The Morgan fingerprint density at radius 3 is 2.94 bits per heavy atom. The lowest BCUT2D eigenvalue weighted by Crippen LogP contribution is -2.13. The molecule has 6 nitrogen and oxygen atoms in total. The highest BCUT2D eigenvalue weighted by atomic mass is 16.1. The van der Waals surface area contributed by atoms with Gasteiger partial charge >= 0.3 is 0 Å². The number of nitrogens with zero attached hydrogens (tertiary/aromatic N) is 3. The van der Waals surface area contributed by atoms with Crippen molar-refractivity contribution in [2.75, 3.05) is 17.2 Å². The number of anilines is 2. The van der Waals surface area contributed by atoms with Gasteiger partial charge in [0.2, 0.25) is 0 Å². The van der Waals surface area contributed by atoms with Gasteiger partial charge in [0.15, 0.2) is 0 Å². The van der Waals surface area contributed by atoms with Gasteiger partial charge in [0.25, 0.3) is 5.91 Å². The monoisotopic (exact) mass is 245 g/mol. The van der Waals surface area contributed by atoms with Crippen molar-refractivity contribution in [3.8, 4) is 0 Å². The van der Waals surface area contributed by atoms with Crippen molar-refractivity contribution in [3.63, 3.8) is 0 Å². The first-order valence-corrected chi connectivity index (χ1v) is 5.69. The normalized spacial score (nSPS) is 10.1. The molecule has 2 N–H and O–H groups in total. The number of hydrogen-bond donors (Lipinski definition) is 2. The second-order valence-electron chi connectivity index (χ2n) is 3.82. The Labute approximate surface area is 105 Å². The highest BCUT2D eigenvalue weighted by Gasteiger charge is 2.09. The predicted octanol–water partition coefficient (Wildman–Crippen LogP) is 1.50. The molecule has 2 heterocycles. The molecule has 94 valence electrons.